The first-order valence-electron chi connectivity index (χ1n) is 6.37. The second kappa shape index (κ2) is 9.02. The molecule has 0 aliphatic carbocycles. The van der Waals surface area contributed by atoms with E-state index in [-0.39, 0.29) is 18.4 Å². The number of halogens is 1. The van der Waals surface area contributed by atoms with Crippen LogP contribution in [0.15, 0.2) is 33.6 Å². The molecule has 0 spiro atoms. The van der Waals surface area contributed by atoms with Crippen molar-refractivity contribution < 1.29 is 14.7 Å². The summed E-state index contributed by atoms with van der Waals surface area (Å²) in [6, 6.07) is 7.72. The predicted octanol–water partition coefficient (Wildman–Crippen LogP) is 3.30. The molecule has 1 amide bonds. The normalized spacial score (nSPS) is 11.9. The summed E-state index contributed by atoms with van der Waals surface area (Å²) < 4.78 is 1.05. The third-order valence-electron chi connectivity index (χ3n) is 2.52. The molecule has 0 fully saturated rings. The Balaban J connectivity index is 2.15. The van der Waals surface area contributed by atoms with E-state index in [4.69, 9.17) is 5.11 Å². The number of hydrogen-bond donors (Lipinski definition) is 2. The standard InChI is InChI=1S/C14H18BrNO3S/c1-10(9-14(18)19)16-13(17)3-2-8-20-12-6-4-11(15)5-7-12/h4-7,10H,2-3,8-9H2,1H3,(H,16,17)(H,18,19). The van der Waals surface area contributed by atoms with E-state index in [2.05, 4.69) is 21.2 Å². The molecule has 0 aliphatic heterocycles. The van der Waals surface area contributed by atoms with E-state index < -0.39 is 5.97 Å². The van der Waals surface area contributed by atoms with Crippen molar-refractivity contribution in [3.8, 4) is 0 Å². The number of carbonyl (C=O) groups excluding carboxylic acids is 1. The first-order valence-corrected chi connectivity index (χ1v) is 8.14. The van der Waals surface area contributed by atoms with Crippen LogP contribution in [-0.4, -0.2) is 28.8 Å². The number of carboxylic acids is 1. The number of thioether (sulfide) groups is 1. The first kappa shape index (κ1) is 17.0. The van der Waals surface area contributed by atoms with Crippen LogP contribution in [-0.2, 0) is 9.59 Å². The minimum Gasteiger partial charge on any atom is -0.481 e. The molecule has 20 heavy (non-hydrogen) atoms. The SMILES string of the molecule is CC(CC(=O)O)NC(=O)CCCSc1ccc(Br)cc1. The summed E-state index contributed by atoms with van der Waals surface area (Å²) >= 11 is 5.09. The highest BCUT2D eigenvalue weighted by molar-refractivity contribution is 9.10. The monoisotopic (exact) mass is 359 g/mol. The summed E-state index contributed by atoms with van der Waals surface area (Å²) in [5.74, 6) is -0.124. The van der Waals surface area contributed by atoms with Gasteiger partial charge in [0.2, 0.25) is 5.91 Å². The van der Waals surface area contributed by atoms with Crippen molar-refractivity contribution in [1.29, 1.82) is 0 Å². The molecule has 1 aromatic rings. The lowest BCUT2D eigenvalue weighted by molar-refractivity contribution is -0.137. The van der Waals surface area contributed by atoms with Crippen LogP contribution in [0.25, 0.3) is 0 Å². The van der Waals surface area contributed by atoms with Gasteiger partial charge in [0, 0.05) is 21.8 Å². The fourth-order valence-electron chi connectivity index (χ4n) is 1.61. The Labute approximate surface area is 131 Å². The van der Waals surface area contributed by atoms with Gasteiger partial charge < -0.3 is 10.4 Å². The molecule has 6 heteroatoms. The molecule has 0 saturated heterocycles. The number of carboxylic acid groups (broad SMARTS) is 1. The quantitative estimate of drug-likeness (QED) is 0.552. The van der Waals surface area contributed by atoms with Gasteiger partial charge in [-0.15, -0.1) is 11.8 Å². The van der Waals surface area contributed by atoms with Gasteiger partial charge in [-0.1, -0.05) is 15.9 Å². The van der Waals surface area contributed by atoms with Gasteiger partial charge in [-0.3, -0.25) is 9.59 Å². The fraction of sp³-hybridized carbons (Fsp3) is 0.429. The molecule has 0 aliphatic rings. The fourth-order valence-corrected chi connectivity index (χ4v) is 2.73. The molecule has 1 unspecified atom stereocenters. The molecule has 1 aromatic carbocycles. The van der Waals surface area contributed by atoms with Crippen LogP contribution in [0.3, 0.4) is 0 Å². The van der Waals surface area contributed by atoms with Gasteiger partial charge in [0.05, 0.1) is 6.42 Å². The Morgan fingerprint density at radius 1 is 1.35 bits per heavy atom. The van der Waals surface area contributed by atoms with Crippen LogP contribution >= 0.6 is 27.7 Å². The van der Waals surface area contributed by atoms with Crippen molar-refractivity contribution in [2.24, 2.45) is 0 Å². The zero-order valence-corrected chi connectivity index (χ0v) is 13.7. The molecule has 1 rings (SSSR count). The topological polar surface area (TPSA) is 66.4 Å². The Bertz CT molecular complexity index is 450. The van der Waals surface area contributed by atoms with Gasteiger partial charge in [0.25, 0.3) is 0 Å². The van der Waals surface area contributed by atoms with Crippen LogP contribution in [0.4, 0.5) is 0 Å². The van der Waals surface area contributed by atoms with Crippen LogP contribution in [0.1, 0.15) is 26.2 Å². The molecule has 0 radical (unpaired) electrons. The summed E-state index contributed by atoms with van der Waals surface area (Å²) in [5.41, 5.74) is 0. The summed E-state index contributed by atoms with van der Waals surface area (Å²) in [5, 5.41) is 11.3. The first-order chi connectivity index (χ1) is 9.47. The van der Waals surface area contributed by atoms with Gasteiger partial charge in [-0.2, -0.15) is 0 Å². The maximum atomic E-state index is 11.6. The molecule has 0 saturated carbocycles. The van der Waals surface area contributed by atoms with E-state index in [0.29, 0.717) is 6.42 Å². The Hall–Kier alpha value is -1.01. The van der Waals surface area contributed by atoms with Crippen molar-refractivity contribution in [3.05, 3.63) is 28.7 Å². The number of rotatable bonds is 8. The molecule has 4 nitrogen and oxygen atoms in total. The van der Waals surface area contributed by atoms with Crippen molar-refractivity contribution in [3.63, 3.8) is 0 Å². The zero-order chi connectivity index (χ0) is 15.0. The molecule has 2 N–H and O–H groups in total. The Kier molecular flexibility index (Phi) is 7.69. The second-order valence-electron chi connectivity index (χ2n) is 4.47. The zero-order valence-electron chi connectivity index (χ0n) is 11.3. The number of aliphatic carboxylic acids is 1. The van der Waals surface area contributed by atoms with E-state index >= 15 is 0 Å². The summed E-state index contributed by atoms with van der Waals surface area (Å²) in [6.07, 6.45) is 1.15. The Morgan fingerprint density at radius 2 is 2.00 bits per heavy atom. The Morgan fingerprint density at radius 3 is 2.60 bits per heavy atom. The maximum absolute atomic E-state index is 11.6. The maximum Gasteiger partial charge on any atom is 0.305 e. The van der Waals surface area contributed by atoms with Gasteiger partial charge in [-0.05, 0) is 43.4 Å². The third kappa shape index (κ3) is 7.55. The molecule has 0 aromatic heterocycles. The summed E-state index contributed by atoms with van der Waals surface area (Å²) in [6.45, 7) is 1.70. The highest BCUT2D eigenvalue weighted by atomic mass is 79.9. The second-order valence-corrected chi connectivity index (χ2v) is 6.56. The molecule has 1 atom stereocenters. The molecule has 0 bridgehead atoms. The van der Waals surface area contributed by atoms with Gasteiger partial charge in [0.15, 0.2) is 0 Å². The van der Waals surface area contributed by atoms with Crippen LogP contribution in [0.5, 0.6) is 0 Å². The molecular weight excluding hydrogens is 342 g/mol. The summed E-state index contributed by atoms with van der Waals surface area (Å²) in [7, 11) is 0. The minimum atomic E-state index is -0.899. The minimum absolute atomic E-state index is 0.0423. The largest absolute Gasteiger partial charge is 0.481 e. The van der Waals surface area contributed by atoms with Crippen molar-refractivity contribution in [2.45, 2.75) is 37.1 Å². The molecular formula is C14H18BrNO3S. The average Bonchev–Trinajstić information content (AvgIpc) is 2.35. The smallest absolute Gasteiger partial charge is 0.305 e. The van der Waals surface area contributed by atoms with Gasteiger partial charge in [0.1, 0.15) is 0 Å². The number of nitrogens with one attached hydrogen (secondary N) is 1. The van der Waals surface area contributed by atoms with E-state index in [9.17, 15) is 9.59 Å². The number of carbonyl (C=O) groups is 2. The number of amides is 1. The lowest BCUT2D eigenvalue weighted by Gasteiger charge is -2.11. The van der Waals surface area contributed by atoms with E-state index in [1.54, 1.807) is 18.7 Å². The highest BCUT2D eigenvalue weighted by Crippen LogP contribution is 2.21. The van der Waals surface area contributed by atoms with E-state index in [1.165, 1.54) is 4.90 Å². The van der Waals surface area contributed by atoms with E-state index in [0.717, 1.165) is 16.6 Å². The van der Waals surface area contributed by atoms with Crippen LogP contribution in [0, 0.1) is 0 Å². The summed E-state index contributed by atoms with van der Waals surface area (Å²) in [4.78, 5) is 23.2. The predicted molar refractivity (Wildman–Crippen MR) is 84.0 cm³/mol. The van der Waals surface area contributed by atoms with Crippen molar-refractivity contribution in [1.82, 2.24) is 5.32 Å². The number of hydrogen-bond acceptors (Lipinski definition) is 3. The lowest BCUT2D eigenvalue weighted by Crippen LogP contribution is -2.34. The molecule has 110 valence electrons. The van der Waals surface area contributed by atoms with Gasteiger partial charge >= 0.3 is 5.97 Å². The molecule has 0 heterocycles. The average molecular weight is 360 g/mol. The third-order valence-corrected chi connectivity index (χ3v) is 4.15. The number of benzene rings is 1. The van der Waals surface area contributed by atoms with Gasteiger partial charge in [-0.25, -0.2) is 0 Å². The van der Waals surface area contributed by atoms with Crippen molar-refractivity contribution >= 4 is 39.6 Å². The highest BCUT2D eigenvalue weighted by Gasteiger charge is 2.10. The van der Waals surface area contributed by atoms with Crippen LogP contribution < -0.4 is 5.32 Å². The van der Waals surface area contributed by atoms with E-state index in [1.807, 2.05) is 24.3 Å². The lowest BCUT2D eigenvalue weighted by atomic mass is 10.2. The van der Waals surface area contributed by atoms with Crippen molar-refractivity contribution in [2.75, 3.05) is 5.75 Å². The van der Waals surface area contributed by atoms with Crippen LogP contribution in [0.2, 0.25) is 0 Å².